The number of aromatic nitrogens is 2. The molecule has 0 fully saturated rings. The lowest BCUT2D eigenvalue weighted by molar-refractivity contribution is -0.119. The second kappa shape index (κ2) is 7.54. The first-order valence-corrected chi connectivity index (χ1v) is 7.76. The van der Waals surface area contributed by atoms with Crippen LogP contribution in [0.25, 0.3) is 0 Å². The number of anilines is 1. The first-order valence-electron chi connectivity index (χ1n) is 6.96. The van der Waals surface area contributed by atoms with Crippen molar-refractivity contribution in [2.45, 2.75) is 32.9 Å². The Hall–Kier alpha value is -1.96. The lowest BCUT2D eigenvalue weighted by Crippen LogP contribution is -2.26. The van der Waals surface area contributed by atoms with E-state index >= 15 is 0 Å². The number of nitrogens with zero attached hydrogens (tertiary/aromatic N) is 2. The van der Waals surface area contributed by atoms with Crippen LogP contribution in [0.2, 0.25) is 0 Å². The van der Waals surface area contributed by atoms with Crippen molar-refractivity contribution in [2.24, 2.45) is 0 Å². The minimum absolute atomic E-state index is 0.0542. The van der Waals surface area contributed by atoms with Crippen LogP contribution in [0, 0.1) is 6.92 Å². The van der Waals surface area contributed by atoms with Gasteiger partial charge in [-0.05, 0) is 53.0 Å². The third kappa shape index (κ3) is 4.51. The van der Waals surface area contributed by atoms with E-state index in [2.05, 4.69) is 31.1 Å². The zero-order chi connectivity index (χ0) is 17.0. The number of ether oxygens (including phenoxy) is 1. The Labute approximate surface area is 140 Å². The largest absolute Gasteiger partial charge is 0.435 e. The van der Waals surface area contributed by atoms with Crippen LogP contribution in [0.1, 0.15) is 24.9 Å². The molecular weight excluding hydrogens is 372 g/mol. The third-order valence-electron chi connectivity index (χ3n) is 3.26. The van der Waals surface area contributed by atoms with Crippen LogP contribution >= 0.6 is 15.9 Å². The topological polar surface area (TPSA) is 56.1 Å². The standard InChI is InChI=1S/C15H16BrF2N3O2/c1-3-13(21-8-10(16)7-19-21)14(22)20-12-5-4-11(6-9(12)2)23-15(17)18/h4-8,13,15H,3H2,1-2H3,(H,20,22). The first-order chi connectivity index (χ1) is 10.9. The second-order valence-corrected chi connectivity index (χ2v) is 5.82. The molecule has 1 aromatic carbocycles. The highest BCUT2D eigenvalue weighted by Gasteiger charge is 2.20. The number of alkyl halides is 2. The highest BCUT2D eigenvalue weighted by atomic mass is 79.9. The monoisotopic (exact) mass is 387 g/mol. The molecule has 124 valence electrons. The zero-order valence-electron chi connectivity index (χ0n) is 12.6. The quantitative estimate of drug-likeness (QED) is 0.809. The molecule has 8 heteroatoms. The number of amides is 1. The van der Waals surface area contributed by atoms with Crippen molar-refractivity contribution in [3.8, 4) is 5.75 Å². The van der Waals surface area contributed by atoms with E-state index in [1.54, 1.807) is 24.0 Å². The lowest BCUT2D eigenvalue weighted by Gasteiger charge is -2.17. The molecule has 0 aliphatic heterocycles. The van der Waals surface area contributed by atoms with Crippen LogP contribution in [-0.2, 0) is 4.79 Å². The van der Waals surface area contributed by atoms with Crippen molar-refractivity contribution in [2.75, 3.05) is 5.32 Å². The third-order valence-corrected chi connectivity index (χ3v) is 3.67. The molecule has 0 saturated heterocycles. The summed E-state index contributed by atoms with van der Waals surface area (Å²) in [6.07, 6.45) is 3.89. The first kappa shape index (κ1) is 17.4. The molecule has 2 aromatic rings. The van der Waals surface area contributed by atoms with Gasteiger partial charge in [-0.15, -0.1) is 0 Å². The maximum absolute atomic E-state index is 12.4. The molecule has 0 aliphatic rings. The van der Waals surface area contributed by atoms with E-state index in [0.29, 0.717) is 17.7 Å². The van der Waals surface area contributed by atoms with E-state index in [-0.39, 0.29) is 11.7 Å². The Kier molecular flexibility index (Phi) is 5.70. The fraction of sp³-hybridized carbons (Fsp3) is 0.333. The van der Waals surface area contributed by atoms with Crippen LogP contribution < -0.4 is 10.1 Å². The molecule has 1 unspecified atom stereocenters. The molecule has 0 aliphatic carbocycles. The highest BCUT2D eigenvalue weighted by molar-refractivity contribution is 9.10. The van der Waals surface area contributed by atoms with E-state index in [4.69, 9.17) is 0 Å². The average Bonchev–Trinajstić information content (AvgIpc) is 2.88. The maximum Gasteiger partial charge on any atom is 0.387 e. The van der Waals surface area contributed by atoms with Gasteiger partial charge in [0, 0.05) is 11.9 Å². The van der Waals surface area contributed by atoms with Crippen LogP contribution in [0.4, 0.5) is 14.5 Å². The SMILES string of the molecule is CCC(C(=O)Nc1ccc(OC(F)F)cc1C)n1cc(Br)cn1. The van der Waals surface area contributed by atoms with E-state index in [0.717, 1.165) is 4.47 Å². The van der Waals surface area contributed by atoms with Crippen molar-refractivity contribution in [3.63, 3.8) is 0 Å². The number of hydrogen-bond donors (Lipinski definition) is 1. The molecule has 1 atom stereocenters. The van der Waals surface area contributed by atoms with E-state index in [1.807, 2.05) is 6.92 Å². The summed E-state index contributed by atoms with van der Waals surface area (Å²) in [6, 6.07) is 3.92. The van der Waals surface area contributed by atoms with Crippen LogP contribution in [0.15, 0.2) is 35.1 Å². The van der Waals surface area contributed by atoms with Crippen molar-refractivity contribution < 1.29 is 18.3 Å². The van der Waals surface area contributed by atoms with Crippen molar-refractivity contribution in [1.29, 1.82) is 0 Å². The van der Waals surface area contributed by atoms with Gasteiger partial charge in [-0.25, -0.2) is 0 Å². The predicted molar refractivity (Wildman–Crippen MR) is 85.7 cm³/mol. The number of rotatable bonds is 6. The normalized spacial score (nSPS) is 12.3. The summed E-state index contributed by atoms with van der Waals surface area (Å²) >= 11 is 3.29. The summed E-state index contributed by atoms with van der Waals surface area (Å²) in [4.78, 5) is 12.4. The molecule has 0 spiro atoms. The Bertz CT molecular complexity index is 691. The van der Waals surface area contributed by atoms with Gasteiger partial charge in [0.2, 0.25) is 5.91 Å². The van der Waals surface area contributed by atoms with Crippen molar-refractivity contribution in [3.05, 3.63) is 40.6 Å². The van der Waals surface area contributed by atoms with E-state index in [9.17, 15) is 13.6 Å². The van der Waals surface area contributed by atoms with Crippen molar-refractivity contribution in [1.82, 2.24) is 9.78 Å². The number of halogens is 3. The summed E-state index contributed by atoms with van der Waals surface area (Å²) in [6.45, 7) is 0.712. The maximum atomic E-state index is 12.4. The van der Waals surface area contributed by atoms with Gasteiger partial charge in [-0.2, -0.15) is 13.9 Å². The summed E-state index contributed by atoms with van der Waals surface area (Å²) in [5.41, 5.74) is 1.18. The Balaban J connectivity index is 2.12. The molecular formula is C15H16BrF2N3O2. The van der Waals surface area contributed by atoms with Crippen molar-refractivity contribution >= 4 is 27.5 Å². The van der Waals surface area contributed by atoms with E-state index in [1.165, 1.54) is 18.2 Å². The average molecular weight is 388 g/mol. The molecule has 0 bridgehead atoms. The predicted octanol–water partition coefficient (Wildman–Crippen LogP) is 4.15. The number of benzene rings is 1. The molecule has 1 N–H and O–H groups in total. The number of nitrogens with one attached hydrogen (secondary N) is 1. The van der Waals surface area contributed by atoms with Gasteiger partial charge in [-0.3, -0.25) is 9.48 Å². The number of aryl methyl sites for hydroxylation is 1. The summed E-state index contributed by atoms with van der Waals surface area (Å²) in [5.74, 6) is -0.174. The molecule has 1 aromatic heterocycles. The second-order valence-electron chi connectivity index (χ2n) is 4.91. The van der Waals surface area contributed by atoms with Crippen LogP contribution in [0.5, 0.6) is 5.75 Å². The Morgan fingerprint density at radius 1 is 1.48 bits per heavy atom. The van der Waals surface area contributed by atoms with Crippen LogP contribution in [0.3, 0.4) is 0 Å². The van der Waals surface area contributed by atoms with Crippen LogP contribution in [-0.4, -0.2) is 22.3 Å². The van der Waals surface area contributed by atoms with E-state index < -0.39 is 12.7 Å². The Morgan fingerprint density at radius 3 is 2.74 bits per heavy atom. The number of carbonyl (C=O) groups excluding carboxylic acids is 1. The smallest absolute Gasteiger partial charge is 0.387 e. The van der Waals surface area contributed by atoms with Gasteiger partial charge in [0.05, 0.1) is 10.7 Å². The lowest BCUT2D eigenvalue weighted by atomic mass is 10.1. The fourth-order valence-electron chi connectivity index (χ4n) is 2.15. The minimum atomic E-state index is -2.88. The van der Waals surface area contributed by atoms with Gasteiger partial charge in [0.1, 0.15) is 11.8 Å². The molecule has 5 nitrogen and oxygen atoms in total. The highest BCUT2D eigenvalue weighted by Crippen LogP contribution is 2.24. The van der Waals surface area contributed by atoms with Gasteiger partial charge >= 0.3 is 6.61 Å². The zero-order valence-corrected chi connectivity index (χ0v) is 14.2. The van der Waals surface area contributed by atoms with Gasteiger partial charge in [-0.1, -0.05) is 6.92 Å². The molecule has 2 rings (SSSR count). The molecule has 0 saturated carbocycles. The summed E-state index contributed by atoms with van der Waals surface area (Å²) < 4.78 is 31.1. The minimum Gasteiger partial charge on any atom is -0.435 e. The van der Waals surface area contributed by atoms with Gasteiger partial charge in [0.15, 0.2) is 0 Å². The van der Waals surface area contributed by atoms with Gasteiger partial charge in [0.25, 0.3) is 0 Å². The molecule has 0 radical (unpaired) electrons. The Morgan fingerprint density at radius 2 is 2.22 bits per heavy atom. The summed E-state index contributed by atoms with van der Waals surface area (Å²) in [7, 11) is 0. The molecule has 1 amide bonds. The molecule has 23 heavy (non-hydrogen) atoms. The van der Waals surface area contributed by atoms with Gasteiger partial charge < -0.3 is 10.1 Å². The summed E-state index contributed by atoms with van der Waals surface area (Å²) in [5, 5.41) is 6.92. The number of carbonyl (C=O) groups is 1. The molecule has 1 heterocycles. The fourth-order valence-corrected chi connectivity index (χ4v) is 2.45. The number of hydrogen-bond acceptors (Lipinski definition) is 3.